The molecule has 0 heterocycles. The standard InChI is InChI=1S/C12H14Br4O6/c13-7-9(15)12(22-4-6(20)2-18)10(16)8(14)11(7)21-3-5(19)1-17/h5-6,17-20H,1-4H2. The van der Waals surface area contributed by atoms with Crippen molar-refractivity contribution in [2.24, 2.45) is 0 Å². The molecule has 0 radical (unpaired) electrons. The van der Waals surface area contributed by atoms with Crippen molar-refractivity contribution in [3.05, 3.63) is 17.9 Å². The number of ether oxygens (including phenoxy) is 2. The molecule has 2 unspecified atom stereocenters. The average molecular weight is 574 g/mol. The monoisotopic (exact) mass is 570 g/mol. The molecule has 126 valence electrons. The van der Waals surface area contributed by atoms with Crippen molar-refractivity contribution in [2.45, 2.75) is 12.2 Å². The Kier molecular flexibility index (Phi) is 9.16. The zero-order valence-corrected chi connectivity index (χ0v) is 17.4. The highest BCUT2D eigenvalue weighted by Gasteiger charge is 2.22. The first-order valence-corrected chi connectivity index (χ1v) is 9.20. The minimum absolute atomic E-state index is 0.0873. The number of aliphatic hydroxyl groups excluding tert-OH is 4. The molecule has 0 aliphatic carbocycles. The van der Waals surface area contributed by atoms with Crippen LogP contribution in [0.25, 0.3) is 0 Å². The number of hydrogen-bond donors (Lipinski definition) is 4. The van der Waals surface area contributed by atoms with E-state index in [9.17, 15) is 10.2 Å². The van der Waals surface area contributed by atoms with Gasteiger partial charge >= 0.3 is 0 Å². The number of benzene rings is 1. The van der Waals surface area contributed by atoms with Crippen LogP contribution < -0.4 is 9.47 Å². The average Bonchev–Trinajstić information content (AvgIpc) is 2.52. The third kappa shape index (κ3) is 5.30. The SMILES string of the molecule is OCC(O)COc1c(Br)c(Br)c(OCC(O)CO)c(Br)c1Br. The van der Waals surface area contributed by atoms with Crippen molar-refractivity contribution in [1.82, 2.24) is 0 Å². The van der Waals surface area contributed by atoms with Gasteiger partial charge in [0.2, 0.25) is 0 Å². The summed E-state index contributed by atoms with van der Waals surface area (Å²) in [5.41, 5.74) is 0. The van der Waals surface area contributed by atoms with E-state index in [0.29, 0.717) is 29.4 Å². The molecule has 2 atom stereocenters. The maximum absolute atomic E-state index is 9.36. The van der Waals surface area contributed by atoms with Gasteiger partial charge in [-0.3, -0.25) is 0 Å². The normalized spacial score (nSPS) is 13.8. The summed E-state index contributed by atoms with van der Waals surface area (Å²) >= 11 is 13.4. The predicted octanol–water partition coefficient (Wildman–Crippen LogP) is 2.20. The Balaban J connectivity index is 3.04. The first-order valence-electron chi connectivity index (χ1n) is 6.02. The van der Waals surface area contributed by atoms with Gasteiger partial charge in [-0.15, -0.1) is 0 Å². The molecular weight excluding hydrogens is 560 g/mol. The molecule has 0 aliphatic heterocycles. The fourth-order valence-corrected chi connectivity index (χ4v) is 3.81. The van der Waals surface area contributed by atoms with Crippen molar-refractivity contribution in [2.75, 3.05) is 26.4 Å². The fourth-order valence-electron chi connectivity index (χ4n) is 1.31. The van der Waals surface area contributed by atoms with Crippen LogP contribution in [0.4, 0.5) is 0 Å². The van der Waals surface area contributed by atoms with Gasteiger partial charge in [-0.1, -0.05) is 0 Å². The Morgan fingerprint density at radius 2 is 0.955 bits per heavy atom. The molecule has 0 aliphatic rings. The van der Waals surface area contributed by atoms with E-state index in [0.717, 1.165) is 0 Å². The van der Waals surface area contributed by atoms with Gasteiger partial charge in [-0.25, -0.2) is 0 Å². The molecule has 0 amide bonds. The molecule has 1 aromatic rings. The maximum Gasteiger partial charge on any atom is 0.150 e. The highest BCUT2D eigenvalue weighted by molar-refractivity contribution is 9.14. The molecule has 6 nitrogen and oxygen atoms in total. The molecule has 22 heavy (non-hydrogen) atoms. The number of hydrogen-bond acceptors (Lipinski definition) is 6. The van der Waals surface area contributed by atoms with E-state index in [1.54, 1.807) is 0 Å². The molecule has 0 fully saturated rings. The summed E-state index contributed by atoms with van der Waals surface area (Å²) in [5, 5.41) is 36.4. The van der Waals surface area contributed by atoms with Gasteiger partial charge in [0.1, 0.15) is 36.9 Å². The van der Waals surface area contributed by atoms with Crippen LogP contribution in [0.15, 0.2) is 17.9 Å². The van der Waals surface area contributed by atoms with E-state index in [2.05, 4.69) is 63.7 Å². The summed E-state index contributed by atoms with van der Waals surface area (Å²) < 4.78 is 13.1. The van der Waals surface area contributed by atoms with Gasteiger partial charge in [0.05, 0.1) is 31.1 Å². The van der Waals surface area contributed by atoms with Crippen LogP contribution in [0.3, 0.4) is 0 Å². The van der Waals surface area contributed by atoms with Crippen molar-refractivity contribution < 1.29 is 29.9 Å². The first kappa shape index (κ1) is 20.6. The Bertz CT molecular complexity index is 439. The van der Waals surface area contributed by atoms with E-state index >= 15 is 0 Å². The second-order valence-electron chi connectivity index (χ2n) is 4.21. The van der Waals surface area contributed by atoms with Crippen molar-refractivity contribution in [3.8, 4) is 11.5 Å². The number of aliphatic hydroxyl groups is 4. The Morgan fingerprint density at radius 3 is 1.18 bits per heavy atom. The lowest BCUT2D eigenvalue weighted by Crippen LogP contribution is -2.22. The summed E-state index contributed by atoms with van der Waals surface area (Å²) in [4.78, 5) is 0. The summed E-state index contributed by atoms with van der Waals surface area (Å²) in [6.45, 7) is -0.984. The van der Waals surface area contributed by atoms with Gasteiger partial charge in [-0.05, 0) is 63.7 Å². The molecule has 10 heteroatoms. The van der Waals surface area contributed by atoms with Crippen LogP contribution in [-0.4, -0.2) is 59.1 Å². The quantitative estimate of drug-likeness (QED) is 0.356. The Labute approximate surface area is 160 Å². The third-order valence-electron chi connectivity index (χ3n) is 2.44. The predicted molar refractivity (Wildman–Crippen MR) is 94.4 cm³/mol. The van der Waals surface area contributed by atoms with E-state index < -0.39 is 25.4 Å². The van der Waals surface area contributed by atoms with Gasteiger partial charge in [0.25, 0.3) is 0 Å². The summed E-state index contributed by atoms with van der Waals surface area (Å²) in [6, 6.07) is 0. The lowest BCUT2D eigenvalue weighted by atomic mass is 10.3. The van der Waals surface area contributed by atoms with Gasteiger partial charge in [-0.2, -0.15) is 0 Å². The second kappa shape index (κ2) is 9.77. The molecule has 0 aromatic heterocycles. The molecule has 0 bridgehead atoms. The van der Waals surface area contributed by atoms with Crippen LogP contribution in [0.2, 0.25) is 0 Å². The molecular formula is C12H14Br4O6. The number of halogens is 4. The number of rotatable bonds is 8. The largest absolute Gasteiger partial charge is 0.488 e. The third-order valence-corrected chi connectivity index (χ3v) is 6.54. The lowest BCUT2D eigenvalue weighted by molar-refractivity contribution is 0.0516. The van der Waals surface area contributed by atoms with Crippen LogP contribution >= 0.6 is 63.7 Å². The fraction of sp³-hybridized carbons (Fsp3) is 0.500. The Hall–Kier alpha value is 0.580. The van der Waals surface area contributed by atoms with Crippen LogP contribution in [0.1, 0.15) is 0 Å². The molecule has 1 rings (SSSR count). The molecule has 0 spiro atoms. The smallest absolute Gasteiger partial charge is 0.150 e. The minimum Gasteiger partial charge on any atom is -0.488 e. The summed E-state index contributed by atoms with van der Waals surface area (Å²) in [6.07, 6.45) is -1.99. The summed E-state index contributed by atoms with van der Waals surface area (Å²) in [5.74, 6) is 0.808. The zero-order chi connectivity index (χ0) is 16.9. The molecule has 0 saturated heterocycles. The topological polar surface area (TPSA) is 99.4 Å². The Morgan fingerprint density at radius 1 is 0.682 bits per heavy atom. The van der Waals surface area contributed by atoms with E-state index in [4.69, 9.17) is 19.7 Å². The van der Waals surface area contributed by atoms with Crippen LogP contribution in [-0.2, 0) is 0 Å². The highest BCUT2D eigenvalue weighted by Crippen LogP contribution is 2.50. The van der Waals surface area contributed by atoms with Crippen LogP contribution in [0.5, 0.6) is 11.5 Å². The molecule has 0 saturated carbocycles. The van der Waals surface area contributed by atoms with E-state index in [1.807, 2.05) is 0 Å². The molecule has 4 N–H and O–H groups in total. The molecule has 1 aromatic carbocycles. The van der Waals surface area contributed by atoms with Crippen molar-refractivity contribution in [1.29, 1.82) is 0 Å². The second-order valence-corrected chi connectivity index (χ2v) is 7.38. The minimum atomic E-state index is -0.994. The van der Waals surface area contributed by atoms with Gasteiger partial charge in [0, 0.05) is 0 Å². The lowest BCUT2D eigenvalue weighted by Gasteiger charge is -2.19. The van der Waals surface area contributed by atoms with Crippen LogP contribution in [0, 0.1) is 0 Å². The highest BCUT2D eigenvalue weighted by atomic mass is 79.9. The van der Waals surface area contributed by atoms with E-state index in [-0.39, 0.29) is 13.2 Å². The van der Waals surface area contributed by atoms with Gasteiger partial charge in [0.15, 0.2) is 0 Å². The summed E-state index contributed by atoms with van der Waals surface area (Å²) in [7, 11) is 0. The first-order chi connectivity index (χ1) is 10.3. The maximum atomic E-state index is 9.36. The van der Waals surface area contributed by atoms with Crippen molar-refractivity contribution in [3.63, 3.8) is 0 Å². The zero-order valence-electron chi connectivity index (χ0n) is 11.1. The van der Waals surface area contributed by atoms with Gasteiger partial charge < -0.3 is 29.9 Å². The van der Waals surface area contributed by atoms with E-state index in [1.165, 1.54) is 0 Å². The van der Waals surface area contributed by atoms with Crippen molar-refractivity contribution >= 4 is 63.7 Å².